The van der Waals surface area contributed by atoms with E-state index in [1.165, 1.54) is 11.3 Å². The second-order valence-electron chi connectivity index (χ2n) is 3.08. The van der Waals surface area contributed by atoms with E-state index in [1.807, 2.05) is 0 Å². The van der Waals surface area contributed by atoms with Crippen LogP contribution in [0.5, 0.6) is 0 Å². The van der Waals surface area contributed by atoms with E-state index in [0.29, 0.717) is 24.0 Å². The Labute approximate surface area is 79.4 Å². The molecule has 0 bridgehead atoms. The molecule has 1 aromatic rings. The van der Waals surface area contributed by atoms with Crippen LogP contribution in [0.3, 0.4) is 0 Å². The molecule has 2 heterocycles. The van der Waals surface area contributed by atoms with Gasteiger partial charge in [-0.3, -0.25) is 0 Å². The van der Waals surface area contributed by atoms with Gasteiger partial charge in [-0.05, 0) is 0 Å². The minimum atomic E-state index is -0.560. The molecule has 0 atom stereocenters. The van der Waals surface area contributed by atoms with Crippen LogP contribution in [-0.4, -0.2) is 28.8 Å². The average molecular weight is 205 g/mol. The van der Waals surface area contributed by atoms with Crippen molar-refractivity contribution < 1.29 is 5.11 Å². The summed E-state index contributed by atoms with van der Waals surface area (Å²) in [4.78, 5) is 4.96. The number of β-amino-alcohol motifs (C(OH)–C–C–N with tert-alkyl or cyclic N) is 1. The van der Waals surface area contributed by atoms with Gasteiger partial charge in [0.15, 0.2) is 4.47 Å². The summed E-state index contributed by atoms with van der Waals surface area (Å²) >= 11 is 7.09. The summed E-state index contributed by atoms with van der Waals surface area (Å²) in [5.41, 5.74) is -0.560. The highest BCUT2D eigenvalue weighted by atomic mass is 35.5. The van der Waals surface area contributed by atoms with Gasteiger partial charge in [-0.15, -0.1) is 11.3 Å². The molecule has 0 amide bonds. The number of aromatic nitrogens is 1. The molecule has 1 aliphatic rings. The van der Waals surface area contributed by atoms with Crippen molar-refractivity contribution >= 4 is 22.9 Å². The van der Waals surface area contributed by atoms with Gasteiger partial charge < -0.3 is 10.4 Å². The summed E-state index contributed by atoms with van der Waals surface area (Å²) in [6.07, 6.45) is 2.38. The Hall–Kier alpha value is -0.160. The summed E-state index contributed by atoms with van der Waals surface area (Å²) < 4.78 is 0.542. The van der Waals surface area contributed by atoms with Crippen LogP contribution in [0, 0.1) is 0 Å². The summed E-state index contributed by atoms with van der Waals surface area (Å²) in [6, 6.07) is 0. The molecule has 0 saturated carbocycles. The molecule has 3 nitrogen and oxygen atoms in total. The minimum absolute atomic E-state index is 0.542. The van der Waals surface area contributed by atoms with Gasteiger partial charge in [0.25, 0.3) is 0 Å². The van der Waals surface area contributed by atoms with Crippen LogP contribution >= 0.6 is 22.9 Å². The standard InChI is InChI=1S/C7H9ClN2OS/c8-6-10-2-5(12-6)1-7(11)3-9-4-7/h2,9,11H,1,3-4H2. The molecule has 66 valence electrons. The van der Waals surface area contributed by atoms with Crippen LogP contribution in [0.2, 0.25) is 4.47 Å². The first-order valence-corrected chi connectivity index (χ1v) is 4.91. The highest BCUT2D eigenvalue weighted by molar-refractivity contribution is 7.15. The fourth-order valence-corrected chi connectivity index (χ4v) is 2.34. The van der Waals surface area contributed by atoms with Crippen LogP contribution in [0.25, 0.3) is 0 Å². The maximum atomic E-state index is 9.75. The number of nitrogens with zero attached hydrogens (tertiary/aromatic N) is 1. The SMILES string of the molecule is OC1(Cc2cnc(Cl)s2)CNC1. The highest BCUT2D eigenvalue weighted by Gasteiger charge is 2.34. The number of halogens is 1. The average Bonchev–Trinajstić information content (AvgIpc) is 2.32. The fourth-order valence-electron chi connectivity index (χ4n) is 1.23. The zero-order chi connectivity index (χ0) is 8.60. The number of hydrogen-bond donors (Lipinski definition) is 2. The first-order chi connectivity index (χ1) is 5.68. The lowest BCUT2D eigenvalue weighted by molar-refractivity contribution is -0.00837. The van der Waals surface area contributed by atoms with Crippen LogP contribution in [0.15, 0.2) is 6.20 Å². The molecule has 12 heavy (non-hydrogen) atoms. The van der Waals surface area contributed by atoms with Crippen LogP contribution in [-0.2, 0) is 6.42 Å². The van der Waals surface area contributed by atoms with Crippen molar-refractivity contribution in [1.29, 1.82) is 0 Å². The molecule has 0 spiro atoms. The molecule has 5 heteroatoms. The molecule has 1 aliphatic heterocycles. The summed E-state index contributed by atoms with van der Waals surface area (Å²) in [5, 5.41) is 12.8. The van der Waals surface area contributed by atoms with Crippen molar-refractivity contribution in [3.63, 3.8) is 0 Å². The zero-order valence-electron chi connectivity index (χ0n) is 6.38. The maximum Gasteiger partial charge on any atom is 0.183 e. The maximum absolute atomic E-state index is 9.75. The predicted molar refractivity (Wildman–Crippen MR) is 48.6 cm³/mol. The Balaban J connectivity index is 2.03. The van der Waals surface area contributed by atoms with Gasteiger partial charge in [-0.25, -0.2) is 4.98 Å². The minimum Gasteiger partial charge on any atom is -0.387 e. The highest BCUT2D eigenvalue weighted by Crippen LogP contribution is 2.24. The molecule has 0 aromatic carbocycles. The molecule has 2 N–H and O–H groups in total. The number of hydrogen-bond acceptors (Lipinski definition) is 4. The first-order valence-electron chi connectivity index (χ1n) is 3.71. The lowest BCUT2D eigenvalue weighted by Crippen LogP contribution is -2.60. The van der Waals surface area contributed by atoms with E-state index in [2.05, 4.69) is 10.3 Å². The fraction of sp³-hybridized carbons (Fsp3) is 0.571. The number of thiazole rings is 1. The van der Waals surface area contributed by atoms with E-state index in [4.69, 9.17) is 11.6 Å². The first kappa shape index (κ1) is 8.44. The normalized spacial score (nSPS) is 20.5. The third kappa shape index (κ3) is 1.61. The number of rotatable bonds is 2. The quantitative estimate of drug-likeness (QED) is 0.745. The molecule has 1 saturated heterocycles. The summed E-state index contributed by atoms with van der Waals surface area (Å²) in [6.45, 7) is 1.34. The Morgan fingerprint density at radius 2 is 2.50 bits per heavy atom. The van der Waals surface area contributed by atoms with Crippen LogP contribution in [0.4, 0.5) is 0 Å². The molecule has 0 unspecified atom stereocenters. The van der Waals surface area contributed by atoms with Gasteiger partial charge >= 0.3 is 0 Å². The Bertz CT molecular complexity index is 285. The van der Waals surface area contributed by atoms with Crippen molar-refractivity contribution in [2.45, 2.75) is 12.0 Å². The predicted octanol–water partition coefficient (Wildman–Crippen LogP) is 0.673. The van der Waals surface area contributed by atoms with Crippen molar-refractivity contribution in [2.24, 2.45) is 0 Å². The summed E-state index contributed by atoms with van der Waals surface area (Å²) in [5.74, 6) is 0. The molecule has 1 fully saturated rings. The van der Waals surface area contributed by atoms with E-state index in [0.717, 1.165) is 4.88 Å². The monoisotopic (exact) mass is 204 g/mol. The van der Waals surface area contributed by atoms with Gasteiger partial charge in [0.05, 0.1) is 5.60 Å². The Morgan fingerprint density at radius 3 is 2.92 bits per heavy atom. The van der Waals surface area contributed by atoms with Crippen molar-refractivity contribution in [3.05, 3.63) is 15.5 Å². The lowest BCUT2D eigenvalue weighted by Gasteiger charge is -2.37. The van der Waals surface area contributed by atoms with Crippen molar-refractivity contribution in [3.8, 4) is 0 Å². The third-order valence-corrected chi connectivity index (χ3v) is 3.05. The second-order valence-corrected chi connectivity index (χ2v) is 4.78. The topological polar surface area (TPSA) is 45.2 Å². The Kier molecular flexibility index (Phi) is 2.08. The van der Waals surface area contributed by atoms with Gasteiger partial charge in [0.2, 0.25) is 0 Å². The molecule has 0 aliphatic carbocycles. The molecular formula is C7H9ClN2OS. The molecule has 1 aromatic heterocycles. The van der Waals surface area contributed by atoms with E-state index < -0.39 is 5.60 Å². The van der Waals surface area contributed by atoms with Gasteiger partial charge in [0, 0.05) is 30.6 Å². The molecule has 2 rings (SSSR count). The molecular weight excluding hydrogens is 196 g/mol. The van der Waals surface area contributed by atoms with Crippen molar-refractivity contribution in [2.75, 3.05) is 13.1 Å². The van der Waals surface area contributed by atoms with E-state index in [1.54, 1.807) is 6.20 Å². The third-order valence-electron chi connectivity index (χ3n) is 1.94. The van der Waals surface area contributed by atoms with Crippen molar-refractivity contribution in [1.82, 2.24) is 10.3 Å². The zero-order valence-corrected chi connectivity index (χ0v) is 7.95. The van der Waals surface area contributed by atoms with Gasteiger partial charge in [-0.2, -0.15) is 0 Å². The smallest absolute Gasteiger partial charge is 0.183 e. The molecule has 0 radical (unpaired) electrons. The van der Waals surface area contributed by atoms with Crippen LogP contribution in [0.1, 0.15) is 4.88 Å². The summed E-state index contributed by atoms with van der Waals surface area (Å²) in [7, 11) is 0. The van der Waals surface area contributed by atoms with E-state index in [-0.39, 0.29) is 0 Å². The van der Waals surface area contributed by atoms with Gasteiger partial charge in [-0.1, -0.05) is 11.6 Å². The van der Waals surface area contributed by atoms with E-state index >= 15 is 0 Å². The largest absolute Gasteiger partial charge is 0.387 e. The number of aliphatic hydroxyl groups is 1. The lowest BCUT2D eigenvalue weighted by atomic mass is 9.93. The van der Waals surface area contributed by atoms with Gasteiger partial charge in [0.1, 0.15) is 0 Å². The number of nitrogens with one attached hydrogen (secondary N) is 1. The van der Waals surface area contributed by atoms with E-state index in [9.17, 15) is 5.11 Å². The Morgan fingerprint density at radius 1 is 1.75 bits per heavy atom. The van der Waals surface area contributed by atoms with Crippen LogP contribution < -0.4 is 5.32 Å². The second kappa shape index (κ2) is 2.96.